The number of fused-ring (bicyclic) bond motifs is 2. The molecule has 3 nitrogen and oxygen atoms in total. The maximum Gasteiger partial charge on any atom is 0.127 e. The van der Waals surface area contributed by atoms with Crippen LogP contribution in [-0.2, 0) is 18.3 Å². The zero-order chi connectivity index (χ0) is 14.1. The first kappa shape index (κ1) is 12.5. The van der Waals surface area contributed by atoms with Gasteiger partial charge in [0.05, 0.1) is 0 Å². The lowest BCUT2D eigenvalue weighted by Gasteiger charge is -2.22. The van der Waals surface area contributed by atoms with E-state index in [-0.39, 0.29) is 17.6 Å². The standard InChI is InChI=1S/C17H23NO2/c1-9-6-12-11(3)15-13(7-10(2)19-15)14(16(12)20-9)17(8-18)4-5-17/h9-10H,4-8,18H2,1-3H3. The van der Waals surface area contributed by atoms with Crippen LogP contribution >= 0.6 is 0 Å². The molecule has 2 unspecified atom stereocenters. The molecule has 0 spiro atoms. The summed E-state index contributed by atoms with van der Waals surface area (Å²) in [4.78, 5) is 0. The molecule has 1 aromatic carbocycles. The molecule has 2 heterocycles. The van der Waals surface area contributed by atoms with E-state index in [4.69, 9.17) is 15.2 Å². The molecule has 108 valence electrons. The van der Waals surface area contributed by atoms with E-state index >= 15 is 0 Å². The minimum atomic E-state index is 0.166. The Balaban J connectivity index is 1.98. The molecule has 3 heteroatoms. The van der Waals surface area contributed by atoms with Crippen molar-refractivity contribution in [2.75, 3.05) is 6.54 Å². The van der Waals surface area contributed by atoms with E-state index in [0.29, 0.717) is 0 Å². The van der Waals surface area contributed by atoms with Gasteiger partial charge in [-0.15, -0.1) is 0 Å². The topological polar surface area (TPSA) is 44.5 Å². The number of hydrogen-bond acceptors (Lipinski definition) is 3. The highest BCUT2D eigenvalue weighted by Crippen LogP contribution is 2.58. The summed E-state index contributed by atoms with van der Waals surface area (Å²) >= 11 is 0. The average Bonchev–Trinajstić information content (AvgIpc) is 2.95. The fourth-order valence-corrected chi connectivity index (χ4v) is 3.99. The van der Waals surface area contributed by atoms with Crippen molar-refractivity contribution in [3.63, 3.8) is 0 Å². The summed E-state index contributed by atoms with van der Waals surface area (Å²) < 4.78 is 12.3. The smallest absolute Gasteiger partial charge is 0.127 e. The van der Waals surface area contributed by atoms with Gasteiger partial charge in [-0.25, -0.2) is 0 Å². The minimum absolute atomic E-state index is 0.166. The van der Waals surface area contributed by atoms with Crippen molar-refractivity contribution >= 4 is 0 Å². The number of nitrogens with two attached hydrogens (primary N) is 1. The van der Waals surface area contributed by atoms with E-state index in [1.165, 1.54) is 35.1 Å². The van der Waals surface area contributed by atoms with Crippen molar-refractivity contribution < 1.29 is 9.47 Å². The summed E-state index contributed by atoms with van der Waals surface area (Å²) in [7, 11) is 0. The number of rotatable bonds is 2. The van der Waals surface area contributed by atoms with Crippen molar-refractivity contribution in [1.82, 2.24) is 0 Å². The van der Waals surface area contributed by atoms with Crippen LogP contribution in [0.2, 0.25) is 0 Å². The Labute approximate surface area is 120 Å². The monoisotopic (exact) mass is 273 g/mol. The molecule has 1 saturated carbocycles. The third-order valence-corrected chi connectivity index (χ3v) is 5.27. The highest BCUT2D eigenvalue weighted by Gasteiger charge is 2.50. The molecule has 2 N–H and O–H groups in total. The van der Waals surface area contributed by atoms with E-state index < -0.39 is 0 Å². The fourth-order valence-electron chi connectivity index (χ4n) is 3.99. The van der Waals surface area contributed by atoms with Crippen LogP contribution in [0.4, 0.5) is 0 Å². The van der Waals surface area contributed by atoms with Gasteiger partial charge in [0, 0.05) is 41.5 Å². The van der Waals surface area contributed by atoms with E-state index in [0.717, 1.165) is 30.9 Å². The summed E-state index contributed by atoms with van der Waals surface area (Å²) in [5, 5.41) is 0. The molecule has 1 aromatic rings. The Kier molecular flexibility index (Phi) is 2.45. The molecule has 1 aliphatic carbocycles. The molecular weight excluding hydrogens is 250 g/mol. The molecule has 3 aliphatic rings. The van der Waals surface area contributed by atoms with Crippen molar-refractivity contribution in [2.45, 2.75) is 64.1 Å². The van der Waals surface area contributed by atoms with Gasteiger partial charge in [0.25, 0.3) is 0 Å². The Morgan fingerprint density at radius 3 is 2.25 bits per heavy atom. The molecule has 4 rings (SSSR count). The summed E-state index contributed by atoms with van der Waals surface area (Å²) in [6, 6.07) is 0. The van der Waals surface area contributed by atoms with E-state index in [9.17, 15) is 0 Å². The first-order valence-electron chi connectivity index (χ1n) is 7.78. The zero-order valence-electron chi connectivity index (χ0n) is 12.6. The van der Waals surface area contributed by atoms with Gasteiger partial charge in [-0.1, -0.05) is 0 Å². The highest BCUT2D eigenvalue weighted by atomic mass is 16.5. The van der Waals surface area contributed by atoms with Crippen molar-refractivity contribution in [3.05, 3.63) is 22.3 Å². The van der Waals surface area contributed by atoms with Gasteiger partial charge in [0.2, 0.25) is 0 Å². The van der Waals surface area contributed by atoms with Gasteiger partial charge in [-0.05, 0) is 39.2 Å². The first-order chi connectivity index (χ1) is 9.55. The lowest BCUT2D eigenvalue weighted by Crippen LogP contribution is -2.22. The summed E-state index contributed by atoms with van der Waals surface area (Å²) in [6.07, 6.45) is 4.93. The molecule has 0 radical (unpaired) electrons. The normalized spacial score (nSPS) is 28.6. The van der Waals surface area contributed by atoms with Gasteiger partial charge >= 0.3 is 0 Å². The van der Waals surface area contributed by atoms with E-state index in [2.05, 4.69) is 20.8 Å². The van der Waals surface area contributed by atoms with Crippen LogP contribution in [0, 0.1) is 6.92 Å². The summed E-state index contributed by atoms with van der Waals surface area (Å²) in [5.74, 6) is 2.28. The lowest BCUT2D eigenvalue weighted by atomic mass is 9.85. The van der Waals surface area contributed by atoms with Crippen LogP contribution in [0.15, 0.2) is 0 Å². The maximum absolute atomic E-state index is 6.20. The Bertz CT molecular complexity index is 550. The Morgan fingerprint density at radius 2 is 1.65 bits per heavy atom. The SMILES string of the molecule is Cc1c2c(c(C3(CN)CC3)c3c1OC(C)C3)OC(C)C2. The van der Waals surface area contributed by atoms with Crippen LogP contribution in [0.5, 0.6) is 11.5 Å². The second kappa shape index (κ2) is 3.91. The minimum Gasteiger partial charge on any atom is -0.490 e. The molecule has 0 saturated heterocycles. The number of hydrogen-bond donors (Lipinski definition) is 1. The second-order valence-corrected chi connectivity index (χ2v) is 6.86. The van der Waals surface area contributed by atoms with Crippen LogP contribution in [-0.4, -0.2) is 18.8 Å². The Morgan fingerprint density at radius 1 is 1.05 bits per heavy atom. The average molecular weight is 273 g/mol. The summed E-state index contributed by atoms with van der Waals surface area (Å²) in [5.41, 5.74) is 11.7. The molecule has 0 amide bonds. The van der Waals surface area contributed by atoms with E-state index in [1.807, 2.05) is 0 Å². The quantitative estimate of drug-likeness (QED) is 0.901. The molecule has 1 fully saturated rings. The van der Waals surface area contributed by atoms with Gasteiger partial charge in [-0.2, -0.15) is 0 Å². The van der Waals surface area contributed by atoms with Gasteiger partial charge < -0.3 is 15.2 Å². The fraction of sp³-hybridized carbons (Fsp3) is 0.647. The van der Waals surface area contributed by atoms with Gasteiger partial charge in [0.1, 0.15) is 23.7 Å². The second-order valence-electron chi connectivity index (χ2n) is 6.86. The molecule has 2 aliphatic heterocycles. The predicted octanol–water partition coefficient (Wildman–Crippen LogP) is 2.63. The van der Waals surface area contributed by atoms with Crippen LogP contribution in [0.3, 0.4) is 0 Å². The van der Waals surface area contributed by atoms with Crippen molar-refractivity contribution in [3.8, 4) is 11.5 Å². The summed E-state index contributed by atoms with van der Waals surface area (Å²) in [6.45, 7) is 7.21. The van der Waals surface area contributed by atoms with Gasteiger partial charge in [0.15, 0.2) is 0 Å². The highest BCUT2D eigenvalue weighted by molar-refractivity contribution is 5.65. The van der Waals surface area contributed by atoms with Crippen LogP contribution in [0.25, 0.3) is 0 Å². The number of ether oxygens (including phenoxy) is 2. The van der Waals surface area contributed by atoms with Crippen molar-refractivity contribution in [2.24, 2.45) is 5.73 Å². The zero-order valence-corrected chi connectivity index (χ0v) is 12.6. The molecular formula is C17H23NO2. The van der Waals surface area contributed by atoms with Crippen LogP contribution < -0.4 is 15.2 Å². The van der Waals surface area contributed by atoms with E-state index in [1.54, 1.807) is 0 Å². The maximum atomic E-state index is 6.20. The number of benzene rings is 1. The predicted molar refractivity (Wildman–Crippen MR) is 78.7 cm³/mol. The third-order valence-electron chi connectivity index (χ3n) is 5.27. The lowest BCUT2D eigenvalue weighted by molar-refractivity contribution is 0.250. The van der Waals surface area contributed by atoms with Crippen molar-refractivity contribution in [1.29, 1.82) is 0 Å². The largest absolute Gasteiger partial charge is 0.490 e. The molecule has 0 aromatic heterocycles. The Hall–Kier alpha value is -1.22. The third kappa shape index (κ3) is 1.50. The van der Waals surface area contributed by atoms with Crippen LogP contribution in [0.1, 0.15) is 48.9 Å². The molecule has 20 heavy (non-hydrogen) atoms. The molecule has 0 bridgehead atoms. The molecule has 2 atom stereocenters. The first-order valence-corrected chi connectivity index (χ1v) is 7.78. The van der Waals surface area contributed by atoms with Gasteiger partial charge in [-0.3, -0.25) is 0 Å².